The van der Waals surface area contributed by atoms with Crippen LogP contribution in [0.4, 0.5) is 11.5 Å². The lowest BCUT2D eigenvalue weighted by molar-refractivity contribution is -0.117. The summed E-state index contributed by atoms with van der Waals surface area (Å²) in [4.78, 5) is 27.4. The highest BCUT2D eigenvalue weighted by atomic mass is 32.2. The summed E-state index contributed by atoms with van der Waals surface area (Å²) in [6, 6.07) is 38.1. The zero-order chi connectivity index (χ0) is 35.1. The molecule has 0 saturated heterocycles. The third-order valence-electron chi connectivity index (χ3n) is 9.13. The number of aromatic nitrogens is 3. The average Bonchev–Trinajstić information content (AvgIpc) is 3.83. The molecule has 10 heteroatoms. The third kappa shape index (κ3) is 6.05. The van der Waals surface area contributed by atoms with Crippen LogP contribution in [0.1, 0.15) is 23.1 Å². The fraction of sp³-hybridized carbons (Fsp3) is 0.0976. The van der Waals surface area contributed by atoms with Crippen molar-refractivity contribution in [1.82, 2.24) is 13.9 Å². The summed E-state index contributed by atoms with van der Waals surface area (Å²) in [6.07, 6.45) is 5.37. The molecule has 1 N–H and O–H groups in total. The summed E-state index contributed by atoms with van der Waals surface area (Å²) < 4.78 is 28.7. The van der Waals surface area contributed by atoms with Crippen LogP contribution in [0.15, 0.2) is 144 Å². The first-order chi connectivity index (χ1) is 24.8. The standard InChI is InChI=1S/C41H30N6O3S/c1-26-12-14-32(15-13-26)51(49,50)47-19-17-34-33(16-18-43-40(34)47)29-20-30-23-38(46-41(48)35-21-31(35)24-42)44-25-36(30)37(22-29)45-39(27-8-4-2-5-9-27)28-10-6-3-7-11-28/h2-20,22-23,25,31,35H,21H2,1H3,(H,44,46,48)/t31-,35+/m0/s1. The van der Waals surface area contributed by atoms with Gasteiger partial charge in [0.05, 0.1) is 34.2 Å². The number of aliphatic imine (C=N–C) groups is 1. The number of hydrogen-bond acceptors (Lipinski definition) is 7. The minimum Gasteiger partial charge on any atom is -0.310 e. The number of amides is 1. The van der Waals surface area contributed by atoms with Crippen LogP contribution in [0.5, 0.6) is 0 Å². The van der Waals surface area contributed by atoms with E-state index in [9.17, 15) is 18.5 Å². The number of pyridine rings is 2. The van der Waals surface area contributed by atoms with Gasteiger partial charge in [0.2, 0.25) is 5.91 Å². The van der Waals surface area contributed by atoms with Crippen LogP contribution in [0.3, 0.4) is 0 Å². The third-order valence-corrected chi connectivity index (χ3v) is 10.8. The Labute approximate surface area is 294 Å². The van der Waals surface area contributed by atoms with E-state index in [2.05, 4.69) is 21.4 Å². The molecule has 1 saturated carbocycles. The predicted octanol–water partition coefficient (Wildman–Crippen LogP) is 8.06. The van der Waals surface area contributed by atoms with Gasteiger partial charge in [0, 0.05) is 40.5 Å². The van der Waals surface area contributed by atoms with Gasteiger partial charge in [0.15, 0.2) is 5.65 Å². The number of nitrogens with zero attached hydrogens (tertiary/aromatic N) is 5. The quantitative estimate of drug-likeness (QED) is 0.161. The monoisotopic (exact) mass is 686 g/mol. The van der Waals surface area contributed by atoms with Gasteiger partial charge in [-0.25, -0.2) is 27.4 Å². The van der Waals surface area contributed by atoms with E-state index in [1.54, 1.807) is 48.8 Å². The molecule has 8 rings (SSSR count). The molecule has 9 nitrogen and oxygen atoms in total. The van der Waals surface area contributed by atoms with Crippen LogP contribution in [-0.2, 0) is 14.8 Å². The number of aryl methyl sites for hydroxylation is 1. The van der Waals surface area contributed by atoms with E-state index in [4.69, 9.17) is 4.99 Å². The lowest BCUT2D eigenvalue weighted by Gasteiger charge is -2.13. The topological polar surface area (TPSA) is 130 Å². The van der Waals surface area contributed by atoms with Crippen molar-refractivity contribution in [2.24, 2.45) is 16.8 Å². The second kappa shape index (κ2) is 12.8. The molecule has 3 heterocycles. The first-order valence-corrected chi connectivity index (χ1v) is 17.9. The Balaban J connectivity index is 1.31. The van der Waals surface area contributed by atoms with Crippen molar-refractivity contribution < 1.29 is 13.2 Å². The van der Waals surface area contributed by atoms with Crippen molar-refractivity contribution >= 4 is 55.0 Å². The van der Waals surface area contributed by atoms with E-state index in [1.807, 2.05) is 85.8 Å². The fourth-order valence-electron chi connectivity index (χ4n) is 6.29. The molecular formula is C41H30N6O3S. The Kier molecular flexibility index (Phi) is 7.97. The molecule has 0 aliphatic heterocycles. The highest BCUT2D eigenvalue weighted by molar-refractivity contribution is 7.90. The summed E-state index contributed by atoms with van der Waals surface area (Å²) in [7, 11) is -3.92. The zero-order valence-electron chi connectivity index (χ0n) is 27.4. The number of carbonyl (C=O) groups excluding carboxylic acids is 1. The largest absolute Gasteiger partial charge is 0.310 e. The minimum atomic E-state index is -3.92. The summed E-state index contributed by atoms with van der Waals surface area (Å²) >= 11 is 0. The Bertz CT molecular complexity index is 2610. The van der Waals surface area contributed by atoms with Crippen LogP contribution in [0.25, 0.3) is 32.9 Å². The van der Waals surface area contributed by atoms with Crippen LogP contribution in [0, 0.1) is 30.1 Å². The first-order valence-electron chi connectivity index (χ1n) is 16.4. The molecule has 0 unspecified atom stereocenters. The maximum atomic E-state index is 13.8. The molecular weight excluding hydrogens is 657 g/mol. The lowest BCUT2D eigenvalue weighted by atomic mass is 9.98. The Hall–Kier alpha value is -6.44. The predicted molar refractivity (Wildman–Crippen MR) is 198 cm³/mol. The number of nitrogens with one attached hydrogen (secondary N) is 1. The van der Waals surface area contributed by atoms with Gasteiger partial charge < -0.3 is 5.32 Å². The number of benzene rings is 4. The normalized spacial score (nSPS) is 15.3. The van der Waals surface area contributed by atoms with Gasteiger partial charge in [-0.2, -0.15) is 5.26 Å². The second-order valence-electron chi connectivity index (χ2n) is 12.6. The molecule has 0 spiro atoms. The number of carbonyl (C=O) groups is 1. The fourth-order valence-corrected chi connectivity index (χ4v) is 7.60. The van der Waals surface area contributed by atoms with Crippen molar-refractivity contribution in [3.05, 3.63) is 151 Å². The van der Waals surface area contributed by atoms with Crippen LogP contribution in [-0.4, -0.2) is 34.0 Å². The maximum absolute atomic E-state index is 13.8. The number of fused-ring (bicyclic) bond motifs is 2. The van der Waals surface area contributed by atoms with E-state index in [0.717, 1.165) is 44.3 Å². The van der Waals surface area contributed by atoms with Crippen molar-refractivity contribution in [1.29, 1.82) is 5.26 Å². The van der Waals surface area contributed by atoms with E-state index >= 15 is 0 Å². The molecule has 7 aromatic rings. The second-order valence-corrected chi connectivity index (χ2v) is 14.4. The van der Waals surface area contributed by atoms with Crippen LogP contribution >= 0.6 is 0 Å². The van der Waals surface area contributed by atoms with Crippen molar-refractivity contribution in [2.45, 2.75) is 18.2 Å². The summed E-state index contributed by atoms with van der Waals surface area (Å²) in [5.41, 5.74) is 6.05. The van der Waals surface area contributed by atoms with Gasteiger partial charge in [-0.3, -0.25) is 4.79 Å². The molecule has 3 aromatic heterocycles. The molecule has 0 bridgehead atoms. The number of anilines is 1. The molecule has 0 radical (unpaired) electrons. The molecule has 1 fully saturated rings. The number of rotatable bonds is 8. The van der Waals surface area contributed by atoms with Crippen molar-refractivity contribution in [3.8, 4) is 17.2 Å². The molecule has 51 heavy (non-hydrogen) atoms. The average molecular weight is 687 g/mol. The van der Waals surface area contributed by atoms with E-state index in [1.165, 1.54) is 10.2 Å². The van der Waals surface area contributed by atoms with Gasteiger partial charge in [0.25, 0.3) is 10.0 Å². The van der Waals surface area contributed by atoms with Gasteiger partial charge in [-0.1, -0.05) is 78.4 Å². The minimum absolute atomic E-state index is 0.170. The smallest absolute Gasteiger partial charge is 0.269 e. The molecule has 1 amide bonds. The maximum Gasteiger partial charge on any atom is 0.269 e. The highest BCUT2D eigenvalue weighted by Crippen LogP contribution is 2.40. The Morgan fingerprint density at radius 3 is 2.25 bits per heavy atom. The molecule has 1 aliphatic carbocycles. The molecule has 4 aromatic carbocycles. The highest BCUT2D eigenvalue weighted by Gasteiger charge is 2.43. The van der Waals surface area contributed by atoms with Gasteiger partial charge >= 0.3 is 0 Å². The van der Waals surface area contributed by atoms with Gasteiger partial charge in [0.1, 0.15) is 5.82 Å². The van der Waals surface area contributed by atoms with Crippen molar-refractivity contribution in [3.63, 3.8) is 0 Å². The molecule has 1 aliphatic rings. The Morgan fingerprint density at radius 2 is 1.59 bits per heavy atom. The van der Waals surface area contributed by atoms with E-state index in [-0.39, 0.29) is 22.6 Å². The summed E-state index contributed by atoms with van der Waals surface area (Å²) in [5, 5.41) is 14.3. The Morgan fingerprint density at radius 1 is 0.882 bits per heavy atom. The first kappa shape index (κ1) is 31.8. The number of hydrogen-bond donors (Lipinski definition) is 1. The lowest BCUT2D eigenvalue weighted by Crippen LogP contribution is -2.15. The van der Waals surface area contributed by atoms with Crippen LogP contribution in [0.2, 0.25) is 0 Å². The van der Waals surface area contributed by atoms with E-state index < -0.39 is 10.0 Å². The van der Waals surface area contributed by atoms with E-state index in [0.29, 0.717) is 29.0 Å². The summed E-state index contributed by atoms with van der Waals surface area (Å²) in [5.74, 6) is -0.484. The van der Waals surface area contributed by atoms with Crippen LogP contribution < -0.4 is 5.32 Å². The number of nitriles is 1. The van der Waals surface area contributed by atoms with Gasteiger partial charge in [-0.15, -0.1) is 0 Å². The zero-order valence-corrected chi connectivity index (χ0v) is 28.2. The molecule has 248 valence electrons. The van der Waals surface area contributed by atoms with Crippen molar-refractivity contribution in [2.75, 3.05) is 5.32 Å². The summed E-state index contributed by atoms with van der Waals surface area (Å²) in [6.45, 7) is 1.91. The van der Waals surface area contributed by atoms with Gasteiger partial charge in [-0.05, 0) is 72.3 Å². The SMILES string of the molecule is Cc1ccc(S(=O)(=O)n2ccc3c(-c4cc(N=C(c5ccccc5)c5ccccc5)c5cnc(NC(=O)[C@@H]6C[C@H]6C#N)cc5c4)ccnc32)cc1. The molecule has 2 atom stereocenters.